The lowest BCUT2D eigenvalue weighted by atomic mass is 9.80. The highest BCUT2D eigenvalue weighted by molar-refractivity contribution is 6.66. The Kier molecular flexibility index (Phi) is 5.48. The van der Waals surface area contributed by atoms with Gasteiger partial charge >= 0.3 is 5.97 Å². The van der Waals surface area contributed by atoms with Gasteiger partial charge in [0.05, 0.1) is 21.9 Å². The minimum absolute atomic E-state index is 0.00496. The largest absolute Gasteiger partial charge is 0.481 e. The smallest absolute Gasteiger partial charge is 0.309 e. The highest BCUT2D eigenvalue weighted by atomic mass is 35.5. The molecule has 4 atom stereocenters. The van der Waals surface area contributed by atoms with Crippen LogP contribution in [0.5, 0.6) is 0 Å². The quantitative estimate of drug-likeness (QED) is 0.578. The summed E-state index contributed by atoms with van der Waals surface area (Å²) in [4.78, 5) is 23.0. The van der Waals surface area contributed by atoms with Crippen molar-refractivity contribution in [2.75, 3.05) is 7.05 Å². The summed E-state index contributed by atoms with van der Waals surface area (Å²) in [6, 6.07) is -0.00496. The van der Waals surface area contributed by atoms with Crippen LogP contribution in [0.4, 0.5) is 0 Å². The van der Waals surface area contributed by atoms with Gasteiger partial charge in [-0.1, -0.05) is 65.7 Å². The molecule has 4 unspecified atom stereocenters. The molecular formula is C16H17Cl6NO3. The summed E-state index contributed by atoms with van der Waals surface area (Å²) in [7, 11) is 1.63. The van der Waals surface area contributed by atoms with Gasteiger partial charge in [-0.15, -0.1) is 23.2 Å². The minimum Gasteiger partial charge on any atom is -0.481 e. The SMILES string of the molecule is CN(C(=O)C1C(C(=O)O)C2(Cl)C(Cl)=C(Cl)C1(Cl)C2(Cl)Cl)C1CCCCC1. The van der Waals surface area contributed by atoms with Gasteiger partial charge in [0, 0.05) is 13.1 Å². The van der Waals surface area contributed by atoms with Crippen molar-refractivity contribution in [1.82, 2.24) is 4.90 Å². The molecule has 0 spiro atoms. The number of carbonyl (C=O) groups is 2. The minimum atomic E-state index is -2.06. The summed E-state index contributed by atoms with van der Waals surface area (Å²) in [5, 5.41) is 9.41. The van der Waals surface area contributed by atoms with Gasteiger partial charge in [-0.2, -0.15) is 0 Å². The first-order valence-electron chi connectivity index (χ1n) is 8.25. The zero-order valence-electron chi connectivity index (χ0n) is 13.7. The molecule has 4 nitrogen and oxygen atoms in total. The van der Waals surface area contributed by atoms with Crippen LogP contribution in [-0.4, -0.2) is 49.1 Å². The lowest BCUT2D eigenvalue weighted by Crippen LogP contribution is -2.52. The fourth-order valence-corrected chi connectivity index (χ4v) is 7.41. The second-order valence-electron chi connectivity index (χ2n) is 7.16. The summed E-state index contributed by atoms with van der Waals surface area (Å²) in [5.74, 6) is -4.69. The predicted octanol–water partition coefficient (Wildman–Crippen LogP) is 4.94. The molecule has 2 saturated carbocycles. The van der Waals surface area contributed by atoms with E-state index in [1.807, 2.05) is 0 Å². The fourth-order valence-electron chi connectivity index (χ4n) is 4.48. The number of halogens is 6. The van der Waals surface area contributed by atoms with Crippen LogP contribution in [-0.2, 0) is 9.59 Å². The Morgan fingerprint density at radius 1 is 0.962 bits per heavy atom. The molecule has 1 amide bonds. The van der Waals surface area contributed by atoms with E-state index >= 15 is 0 Å². The normalized spacial score (nSPS) is 39.3. The van der Waals surface area contributed by atoms with Crippen molar-refractivity contribution in [3.8, 4) is 0 Å². The second kappa shape index (κ2) is 6.74. The molecule has 0 aromatic heterocycles. The van der Waals surface area contributed by atoms with Crippen LogP contribution in [0.25, 0.3) is 0 Å². The van der Waals surface area contributed by atoms with Crippen LogP contribution in [0.15, 0.2) is 10.1 Å². The molecule has 3 aliphatic rings. The number of nitrogens with zero attached hydrogens (tertiary/aromatic N) is 1. The van der Waals surface area contributed by atoms with Gasteiger partial charge in [0.25, 0.3) is 0 Å². The number of amides is 1. The summed E-state index contributed by atoms with van der Waals surface area (Å²) in [5.41, 5.74) is 0. The average Bonchev–Trinajstić information content (AvgIpc) is 2.81. The number of alkyl halides is 4. The van der Waals surface area contributed by atoms with E-state index in [0.29, 0.717) is 0 Å². The molecular weight excluding hydrogens is 467 g/mol. The van der Waals surface area contributed by atoms with Crippen LogP contribution in [0, 0.1) is 11.8 Å². The molecule has 26 heavy (non-hydrogen) atoms. The van der Waals surface area contributed by atoms with Crippen molar-refractivity contribution in [2.24, 2.45) is 11.8 Å². The third-order valence-corrected chi connectivity index (χ3v) is 10.2. The fraction of sp³-hybridized carbons (Fsp3) is 0.750. The van der Waals surface area contributed by atoms with E-state index in [4.69, 9.17) is 69.6 Å². The molecule has 2 bridgehead atoms. The topological polar surface area (TPSA) is 57.6 Å². The van der Waals surface area contributed by atoms with Crippen LogP contribution in [0.2, 0.25) is 0 Å². The third-order valence-electron chi connectivity index (χ3n) is 5.94. The zero-order valence-corrected chi connectivity index (χ0v) is 18.3. The second-order valence-corrected chi connectivity index (χ2v) is 10.4. The number of rotatable bonds is 3. The number of carboxylic acid groups (broad SMARTS) is 1. The van der Waals surface area contributed by atoms with E-state index in [9.17, 15) is 14.7 Å². The average molecular weight is 484 g/mol. The molecule has 3 aliphatic carbocycles. The Labute approximate surface area is 181 Å². The lowest BCUT2D eigenvalue weighted by Gasteiger charge is -2.39. The van der Waals surface area contributed by atoms with E-state index in [0.717, 1.165) is 32.1 Å². The molecule has 0 aliphatic heterocycles. The molecule has 0 radical (unpaired) electrons. The maximum Gasteiger partial charge on any atom is 0.309 e. The van der Waals surface area contributed by atoms with Crippen molar-refractivity contribution in [3.63, 3.8) is 0 Å². The van der Waals surface area contributed by atoms with Gasteiger partial charge in [-0.3, -0.25) is 9.59 Å². The molecule has 3 rings (SSSR count). The Hall–Kier alpha value is 0.420. The third kappa shape index (κ3) is 2.42. The van der Waals surface area contributed by atoms with Crippen molar-refractivity contribution < 1.29 is 14.7 Å². The van der Waals surface area contributed by atoms with E-state index in [1.54, 1.807) is 7.05 Å². The zero-order chi connectivity index (χ0) is 19.7. The van der Waals surface area contributed by atoms with Gasteiger partial charge in [0.2, 0.25) is 5.91 Å². The van der Waals surface area contributed by atoms with Gasteiger partial charge < -0.3 is 10.0 Å². The Morgan fingerprint density at radius 2 is 1.42 bits per heavy atom. The Balaban J connectivity index is 2.08. The first-order chi connectivity index (χ1) is 11.9. The van der Waals surface area contributed by atoms with Gasteiger partial charge in [-0.25, -0.2) is 0 Å². The predicted molar refractivity (Wildman–Crippen MR) is 105 cm³/mol. The molecule has 0 aromatic carbocycles. The van der Waals surface area contributed by atoms with Gasteiger partial charge in [-0.05, 0) is 12.8 Å². The van der Waals surface area contributed by atoms with Crippen molar-refractivity contribution >= 4 is 81.5 Å². The van der Waals surface area contributed by atoms with Crippen molar-refractivity contribution in [1.29, 1.82) is 0 Å². The number of allylic oxidation sites excluding steroid dienone is 2. The monoisotopic (exact) mass is 481 g/mol. The standard InChI is InChI=1S/C16H17Cl6NO3/c1-23(7-5-3-2-4-6-7)12(24)8-9(13(25)26)15(20)11(18)10(17)14(8,19)16(15,21)22/h7-9H,2-6H2,1H3,(H,25,26). The molecule has 0 heterocycles. The van der Waals surface area contributed by atoms with Crippen LogP contribution in [0.1, 0.15) is 32.1 Å². The molecule has 10 heteroatoms. The molecule has 0 aromatic rings. The first kappa shape index (κ1) is 21.1. The van der Waals surface area contributed by atoms with Crippen molar-refractivity contribution in [3.05, 3.63) is 10.1 Å². The summed E-state index contributed by atoms with van der Waals surface area (Å²) in [6.45, 7) is 0. The molecule has 1 N–H and O–H groups in total. The van der Waals surface area contributed by atoms with E-state index in [-0.39, 0.29) is 16.1 Å². The first-order valence-corrected chi connectivity index (χ1v) is 10.5. The lowest BCUT2D eigenvalue weighted by molar-refractivity contribution is -0.151. The number of hydrogen-bond donors (Lipinski definition) is 1. The molecule has 2 fully saturated rings. The van der Waals surface area contributed by atoms with Crippen molar-refractivity contribution in [2.45, 2.75) is 52.2 Å². The summed E-state index contributed by atoms with van der Waals surface area (Å²) in [6.07, 6.45) is 4.79. The van der Waals surface area contributed by atoms with Crippen LogP contribution in [0.3, 0.4) is 0 Å². The summed E-state index contributed by atoms with van der Waals surface area (Å²) >= 11 is 38.5. The number of aliphatic carboxylic acids is 1. The van der Waals surface area contributed by atoms with E-state index in [1.165, 1.54) is 4.90 Å². The summed E-state index contributed by atoms with van der Waals surface area (Å²) < 4.78 is -2.06. The molecule has 146 valence electrons. The van der Waals surface area contributed by atoms with Gasteiger partial charge in [0.1, 0.15) is 9.75 Å². The molecule has 0 saturated heterocycles. The maximum atomic E-state index is 13.3. The highest BCUT2D eigenvalue weighted by Crippen LogP contribution is 2.76. The van der Waals surface area contributed by atoms with Crippen LogP contribution < -0.4 is 0 Å². The van der Waals surface area contributed by atoms with E-state index in [2.05, 4.69) is 0 Å². The van der Waals surface area contributed by atoms with Gasteiger partial charge in [0.15, 0.2) is 4.33 Å². The number of hydrogen-bond acceptors (Lipinski definition) is 2. The van der Waals surface area contributed by atoms with Crippen LogP contribution >= 0.6 is 69.6 Å². The number of carboxylic acids is 1. The maximum absolute atomic E-state index is 13.3. The highest BCUT2D eigenvalue weighted by Gasteiger charge is 2.85. The van der Waals surface area contributed by atoms with E-state index < -0.39 is 37.8 Å². The number of carbonyl (C=O) groups excluding carboxylic acids is 1. The number of fused-ring (bicyclic) bond motifs is 2. The Bertz CT molecular complexity index is 691. The Morgan fingerprint density at radius 3 is 1.88 bits per heavy atom.